The Morgan fingerprint density at radius 2 is 1.85 bits per heavy atom. The Bertz CT molecular complexity index is 1010. The molecule has 2 aromatic heterocycles. The van der Waals surface area contributed by atoms with E-state index in [0.29, 0.717) is 5.16 Å². The maximum atomic E-state index is 4.61. The number of hydrogen-bond acceptors (Lipinski definition) is 6. The Morgan fingerprint density at radius 3 is 2.59 bits per heavy atom. The zero-order valence-electron chi connectivity index (χ0n) is 15.1. The van der Waals surface area contributed by atoms with Crippen molar-refractivity contribution < 1.29 is 0 Å². The van der Waals surface area contributed by atoms with E-state index in [1.807, 2.05) is 37.3 Å². The van der Waals surface area contributed by atoms with E-state index in [4.69, 9.17) is 0 Å². The molecule has 7 nitrogen and oxygen atoms in total. The summed E-state index contributed by atoms with van der Waals surface area (Å²) in [6.45, 7) is 4.19. The number of aryl methyl sites for hydroxylation is 1. The summed E-state index contributed by atoms with van der Waals surface area (Å²) < 4.78 is 1.74. The Kier molecular flexibility index (Phi) is 4.97. The quantitative estimate of drug-likeness (QED) is 0.514. The predicted molar refractivity (Wildman–Crippen MR) is 105 cm³/mol. The number of aromatic amines is 1. The molecule has 4 aromatic rings. The molecule has 4 rings (SSSR count). The van der Waals surface area contributed by atoms with Gasteiger partial charge in [-0.3, -0.25) is 5.10 Å². The summed E-state index contributed by atoms with van der Waals surface area (Å²) in [4.78, 5) is 4.61. The molecule has 0 saturated carbocycles. The van der Waals surface area contributed by atoms with E-state index >= 15 is 0 Å². The first-order valence-corrected chi connectivity index (χ1v) is 9.64. The van der Waals surface area contributed by atoms with E-state index in [0.717, 1.165) is 29.3 Å². The van der Waals surface area contributed by atoms with Crippen LogP contribution in [0.4, 0.5) is 0 Å². The lowest BCUT2D eigenvalue weighted by atomic mass is 10.1. The third kappa shape index (κ3) is 3.75. The second-order valence-electron chi connectivity index (χ2n) is 6.06. The van der Waals surface area contributed by atoms with Crippen LogP contribution in [-0.4, -0.2) is 35.4 Å². The van der Waals surface area contributed by atoms with Gasteiger partial charge in [-0.25, -0.2) is 4.98 Å². The number of para-hydroxylation sites is 1. The van der Waals surface area contributed by atoms with Gasteiger partial charge in [-0.2, -0.15) is 4.68 Å². The summed E-state index contributed by atoms with van der Waals surface area (Å²) in [5, 5.41) is 20.1. The molecule has 0 aliphatic carbocycles. The van der Waals surface area contributed by atoms with Crippen molar-refractivity contribution in [3.63, 3.8) is 0 Å². The number of nitrogens with one attached hydrogen (secondary N) is 1. The van der Waals surface area contributed by atoms with Crippen molar-refractivity contribution in [2.24, 2.45) is 0 Å². The van der Waals surface area contributed by atoms with Gasteiger partial charge >= 0.3 is 0 Å². The van der Waals surface area contributed by atoms with Gasteiger partial charge in [0, 0.05) is 5.56 Å². The topological polar surface area (TPSA) is 85.2 Å². The van der Waals surface area contributed by atoms with E-state index in [-0.39, 0.29) is 5.25 Å². The molecular weight excluding hydrogens is 358 g/mol. The average Bonchev–Trinajstić information content (AvgIpc) is 3.38. The van der Waals surface area contributed by atoms with Crippen LogP contribution in [0.2, 0.25) is 0 Å². The molecule has 2 aromatic carbocycles. The Hall–Kier alpha value is -3.00. The Balaban J connectivity index is 1.52. The summed E-state index contributed by atoms with van der Waals surface area (Å²) in [5.41, 5.74) is 3.25. The molecule has 0 aliphatic heterocycles. The van der Waals surface area contributed by atoms with E-state index in [1.165, 1.54) is 17.3 Å². The van der Waals surface area contributed by atoms with Gasteiger partial charge < -0.3 is 0 Å². The molecular formula is C19H19N7S. The fraction of sp³-hybridized carbons (Fsp3) is 0.211. The van der Waals surface area contributed by atoms with Gasteiger partial charge in [0.2, 0.25) is 5.16 Å². The fourth-order valence-electron chi connectivity index (χ4n) is 2.74. The lowest BCUT2D eigenvalue weighted by molar-refractivity contribution is 0.762. The monoisotopic (exact) mass is 377 g/mol. The van der Waals surface area contributed by atoms with Crippen molar-refractivity contribution in [3.05, 3.63) is 66.0 Å². The number of rotatable bonds is 6. The zero-order chi connectivity index (χ0) is 18.6. The molecule has 0 bridgehead atoms. The number of hydrogen-bond donors (Lipinski definition) is 1. The van der Waals surface area contributed by atoms with Crippen LogP contribution in [-0.2, 0) is 6.42 Å². The lowest BCUT2D eigenvalue weighted by Crippen LogP contribution is -2.05. The molecule has 27 heavy (non-hydrogen) atoms. The first-order chi connectivity index (χ1) is 13.2. The van der Waals surface area contributed by atoms with Gasteiger partial charge in [-0.05, 0) is 41.5 Å². The molecule has 0 saturated heterocycles. The number of aromatic nitrogens is 7. The van der Waals surface area contributed by atoms with E-state index in [2.05, 4.69) is 61.9 Å². The molecule has 2 heterocycles. The average molecular weight is 377 g/mol. The number of tetrazole rings is 1. The second kappa shape index (κ2) is 7.71. The highest BCUT2D eigenvalue weighted by atomic mass is 32.2. The normalized spacial score (nSPS) is 12.2. The fourth-order valence-corrected chi connectivity index (χ4v) is 3.55. The summed E-state index contributed by atoms with van der Waals surface area (Å²) in [5.74, 6) is 1.51. The van der Waals surface area contributed by atoms with Gasteiger partial charge in [-0.1, -0.05) is 61.2 Å². The molecule has 1 N–H and O–H groups in total. The highest BCUT2D eigenvalue weighted by molar-refractivity contribution is 7.99. The van der Waals surface area contributed by atoms with Crippen LogP contribution >= 0.6 is 11.8 Å². The molecule has 0 aliphatic rings. The van der Waals surface area contributed by atoms with Crippen molar-refractivity contribution in [3.8, 4) is 17.1 Å². The van der Waals surface area contributed by atoms with Crippen LogP contribution < -0.4 is 0 Å². The molecule has 0 fully saturated rings. The van der Waals surface area contributed by atoms with Crippen LogP contribution in [0.5, 0.6) is 0 Å². The molecule has 0 radical (unpaired) electrons. The first-order valence-electron chi connectivity index (χ1n) is 8.76. The number of benzene rings is 2. The maximum absolute atomic E-state index is 4.61. The SMILES string of the molecule is CCc1ccc(-c2nc(SC(C)c3nnnn3-c3ccccc3)n[nH]2)cc1. The maximum Gasteiger partial charge on any atom is 0.209 e. The number of thioether (sulfide) groups is 1. The van der Waals surface area contributed by atoms with Crippen LogP contribution in [0.1, 0.15) is 30.5 Å². The van der Waals surface area contributed by atoms with Crippen molar-refractivity contribution >= 4 is 11.8 Å². The summed E-state index contributed by atoms with van der Waals surface area (Å²) in [7, 11) is 0. The standard InChI is InChI=1S/C19H19N7S/c1-3-14-9-11-15(12-10-14)17-20-19(23-21-17)27-13(2)18-22-24-25-26(18)16-7-5-4-6-8-16/h4-13H,3H2,1-2H3,(H,20,21,23). The highest BCUT2D eigenvalue weighted by Gasteiger charge is 2.19. The van der Waals surface area contributed by atoms with Gasteiger partial charge in [-0.15, -0.1) is 10.2 Å². The van der Waals surface area contributed by atoms with Crippen LogP contribution in [0.3, 0.4) is 0 Å². The molecule has 1 unspecified atom stereocenters. The smallest absolute Gasteiger partial charge is 0.209 e. The largest absolute Gasteiger partial charge is 0.258 e. The van der Waals surface area contributed by atoms with Gasteiger partial charge in [0.1, 0.15) is 0 Å². The first kappa shape index (κ1) is 17.4. The summed E-state index contributed by atoms with van der Waals surface area (Å²) in [6, 6.07) is 18.2. The molecule has 136 valence electrons. The van der Waals surface area contributed by atoms with Gasteiger partial charge in [0.05, 0.1) is 10.9 Å². The number of nitrogens with zero attached hydrogens (tertiary/aromatic N) is 6. The second-order valence-corrected chi connectivity index (χ2v) is 7.37. The lowest BCUT2D eigenvalue weighted by Gasteiger charge is -2.09. The molecule has 8 heteroatoms. The summed E-state index contributed by atoms with van der Waals surface area (Å²) >= 11 is 1.52. The van der Waals surface area contributed by atoms with Gasteiger partial charge in [0.15, 0.2) is 11.6 Å². The minimum Gasteiger partial charge on any atom is -0.258 e. The third-order valence-corrected chi connectivity index (χ3v) is 5.20. The van der Waals surface area contributed by atoms with Gasteiger partial charge in [0.25, 0.3) is 0 Å². The van der Waals surface area contributed by atoms with Crippen LogP contribution in [0.25, 0.3) is 17.1 Å². The van der Waals surface area contributed by atoms with Crippen molar-refractivity contribution in [1.82, 2.24) is 35.4 Å². The van der Waals surface area contributed by atoms with E-state index in [9.17, 15) is 0 Å². The third-order valence-electron chi connectivity index (χ3n) is 4.24. The predicted octanol–water partition coefficient (Wildman–Crippen LogP) is 3.86. The van der Waals surface area contributed by atoms with Crippen LogP contribution in [0, 0.1) is 0 Å². The molecule has 1 atom stereocenters. The highest BCUT2D eigenvalue weighted by Crippen LogP contribution is 2.32. The summed E-state index contributed by atoms with van der Waals surface area (Å²) in [6.07, 6.45) is 1.02. The van der Waals surface area contributed by atoms with Crippen molar-refractivity contribution in [2.45, 2.75) is 30.7 Å². The Morgan fingerprint density at radius 1 is 1.07 bits per heavy atom. The molecule has 0 amide bonds. The van der Waals surface area contributed by atoms with Crippen LogP contribution in [0.15, 0.2) is 59.8 Å². The van der Waals surface area contributed by atoms with E-state index in [1.54, 1.807) is 4.68 Å². The molecule has 0 spiro atoms. The Labute approximate surface area is 161 Å². The van der Waals surface area contributed by atoms with E-state index < -0.39 is 0 Å². The van der Waals surface area contributed by atoms with Crippen molar-refractivity contribution in [2.75, 3.05) is 0 Å². The minimum atomic E-state index is -0.00803. The number of H-pyrrole nitrogens is 1. The van der Waals surface area contributed by atoms with Crippen molar-refractivity contribution in [1.29, 1.82) is 0 Å². The minimum absolute atomic E-state index is 0.00803. The zero-order valence-corrected chi connectivity index (χ0v) is 15.9.